The lowest BCUT2D eigenvalue weighted by atomic mass is 10.0. The van der Waals surface area contributed by atoms with E-state index >= 15 is 0 Å². The van der Waals surface area contributed by atoms with Crippen molar-refractivity contribution < 1.29 is 13.6 Å². The van der Waals surface area contributed by atoms with Gasteiger partial charge in [0.2, 0.25) is 5.91 Å². The van der Waals surface area contributed by atoms with Gasteiger partial charge in [0.05, 0.1) is 5.69 Å². The normalized spacial score (nSPS) is 18.7. The summed E-state index contributed by atoms with van der Waals surface area (Å²) in [5.41, 5.74) is 5.98. The molecule has 0 aromatic carbocycles. The third-order valence-electron chi connectivity index (χ3n) is 3.88. The summed E-state index contributed by atoms with van der Waals surface area (Å²) in [5.74, 6) is -0.0463. The highest BCUT2D eigenvalue weighted by Crippen LogP contribution is 2.19. The maximum Gasteiger partial charge on any atom is 0.333 e. The van der Waals surface area contributed by atoms with E-state index in [0.29, 0.717) is 36.4 Å². The lowest BCUT2D eigenvalue weighted by Gasteiger charge is -2.35. The predicted molar refractivity (Wildman–Crippen MR) is 85.5 cm³/mol. The number of amides is 1. The summed E-state index contributed by atoms with van der Waals surface area (Å²) < 4.78 is 25.8. The van der Waals surface area contributed by atoms with Gasteiger partial charge in [0.1, 0.15) is 0 Å². The molecule has 3 N–H and O–H groups in total. The first-order chi connectivity index (χ1) is 10.6. The minimum absolute atomic E-state index is 0. The standard InChI is InChI=1S/C14H23F2N5O.ClH/c15-14(16)21-8-5-11(19-21)10-20-7-2-1-3-12(20)9-18-13(22)4-6-17;/h5,8,12,14H,1-4,6-7,9-10,17H2,(H,18,22);1H. The van der Waals surface area contributed by atoms with Gasteiger partial charge in [-0.15, -0.1) is 12.4 Å². The van der Waals surface area contributed by atoms with E-state index in [-0.39, 0.29) is 24.4 Å². The van der Waals surface area contributed by atoms with Crippen molar-refractivity contribution in [2.24, 2.45) is 5.73 Å². The van der Waals surface area contributed by atoms with Crippen LogP contribution in [0.2, 0.25) is 0 Å². The van der Waals surface area contributed by atoms with Gasteiger partial charge in [0.15, 0.2) is 0 Å². The fourth-order valence-corrected chi connectivity index (χ4v) is 2.73. The van der Waals surface area contributed by atoms with Gasteiger partial charge in [0.25, 0.3) is 0 Å². The highest BCUT2D eigenvalue weighted by molar-refractivity contribution is 5.85. The van der Waals surface area contributed by atoms with Crippen LogP contribution >= 0.6 is 12.4 Å². The van der Waals surface area contributed by atoms with Crippen LogP contribution in [0.4, 0.5) is 8.78 Å². The Hall–Kier alpha value is -1.25. The molecule has 1 aliphatic heterocycles. The van der Waals surface area contributed by atoms with E-state index in [1.54, 1.807) is 6.07 Å². The van der Waals surface area contributed by atoms with Gasteiger partial charge in [-0.05, 0) is 25.5 Å². The van der Waals surface area contributed by atoms with Gasteiger partial charge in [-0.3, -0.25) is 9.69 Å². The number of carbonyl (C=O) groups excluding carboxylic acids is 1. The maximum atomic E-state index is 12.5. The van der Waals surface area contributed by atoms with Crippen LogP contribution in [0, 0.1) is 0 Å². The van der Waals surface area contributed by atoms with Crippen molar-refractivity contribution in [2.75, 3.05) is 19.6 Å². The molecule has 2 heterocycles. The number of nitrogens with two attached hydrogens (primary N) is 1. The average Bonchev–Trinajstić information content (AvgIpc) is 2.95. The number of likely N-dealkylation sites (tertiary alicyclic amines) is 1. The first-order valence-corrected chi connectivity index (χ1v) is 7.63. The second-order valence-electron chi connectivity index (χ2n) is 5.53. The molecule has 1 amide bonds. The van der Waals surface area contributed by atoms with Crippen LogP contribution in [-0.4, -0.2) is 46.3 Å². The molecule has 1 aliphatic rings. The number of halogens is 3. The number of piperidine rings is 1. The first-order valence-electron chi connectivity index (χ1n) is 7.63. The molecule has 6 nitrogen and oxygen atoms in total. The Labute approximate surface area is 140 Å². The van der Waals surface area contributed by atoms with Gasteiger partial charge in [-0.25, -0.2) is 4.68 Å². The van der Waals surface area contributed by atoms with E-state index in [0.717, 1.165) is 25.8 Å². The van der Waals surface area contributed by atoms with Crippen molar-refractivity contribution in [3.05, 3.63) is 18.0 Å². The third-order valence-corrected chi connectivity index (χ3v) is 3.88. The molecule has 0 saturated carbocycles. The van der Waals surface area contributed by atoms with Gasteiger partial charge < -0.3 is 11.1 Å². The summed E-state index contributed by atoms with van der Waals surface area (Å²) in [5, 5.41) is 6.77. The van der Waals surface area contributed by atoms with E-state index in [2.05, 4.69) is 15.3 Å². The molecule has 0 spiro atoms. The maximum absolute atomic E-state index is 12.5. The van der Waals surface area contributed by atoms with Crippen molar-refractivity contribution >= 4 is 18.3 Å². The summed E-state index contributed by atoms with van der Waals surface area (Å²) >= 11 is 0. The molecule has 1 atom stereocenters. The molecule has 1 saturated heterocycles. The zero-order valence-corrected chi connectivity index (χ0v) is 13.8. The van der Waals surface area contributed by atoms with Crippen molar-refractivity contribution in [3.63, 3.8) is 0 Å². The summed E-state index contributed by atoms with van der Waals surface area (Å²) in [6.07, 6.45) is 4.79. The summed E-state index contributed by atoms with van der Waals surface area (Å²) in [6.45, 7) is -0.295. The minimum atomic E-state index is -2.61. The molecule has 0 radical (unpaired) electrons. The predicted octanol–water partition coefficient (Wildman–Crippen LogP) is 1.52. The zero-order chi connectivity index (χ0) is 15.9. The van der Waals surface area contributed by atoms with E-state index in [9.17, 15) is 13.6 Å². The topological polar surface area (TPSA) is 76.2 Å². The van der Waals surface area contributed by atoms with Crippen molar-refractivity contribution in [3.8, 4) is 0 Å². The Kier molecular flexibility index (Phi) is 8.43. The van der Waals surface area contributed by atoms with Crippen LogP contribution in [0.3, 0.4) is 0 Å². The Bertz CT molecular complexity index is 485. The smallest absolute Gasteiger partial charge is 0.333 e. The lowest BCUT2D eigenvalue weighted by Crippen LogP contribution is -2.46. The van der Waals surface area contributed by atoms with Crippen LogP contribution in [-0.2, 0) is 11.3 Å². The molecular formula is C14H24ClF2N5O. The fourth-order valence-electron chi connectivity index (χ4n) is 2.73. The molecule has 1 unspecified atom stereocenters. The van der Waals surface area contributed by atoms with Gasteiger partial charge in [-0.1, -0.05) is 6.42 Å². The molecule has 1 fully saturated rings. The number of nitrogens with zero attached hydrogens (tertiary/aromatic N) is 3. The quantitative estimate of drug-likeness (QED) is 0.781. The second kappa shape index (κ2) is 9.79. The molecule has 1 aromatic heterocycles. The van der Waals surface area contributed by atoms with Crippen LogP contribution < -0.4 is 11.1 Å². The van der Waals surface area contributed by atoms with Gasteiger partial charge in [0, 0.05) is 38.3 Å². The monoisotopic (exact) mass is 351 g/mol. The number of aromatic nitrogens is 2. The van der Waals surface area contributed by atoms with E-state index in [1.165, 1.54) is 6.20 Å². The first kappa shape index (κ1) is 19.8. The van der Waals surface area contributed by atoms with Crippen LogP contribution in [0.25, 0.3) is 0 Å². The van der Waals surface area contributed by atoms with Crippen molar-refractivity contribution in [1.82, 2.24) is 20.0 Å². The van der Waals surface area contributed by atoms with Crippen LogP contribution in [0.15, 0.2) is 12.3 Å². The Morgan fingerprint density at radius 2 is 2.26 bits per heavy atom. The third kappa shape index (κ3) is 6.04. The van der Waals surface area contributed by atoms with E-state index in [1.807, 2.05) is 0 Å². The highest BCUT2D eigenvalue weighted by atomic mass is 35.5. The lowest BCUT2D eigenvalue weighted by molar-refractivity contribution is -0.121. The number of carbonyl (C=O) groups is 1. The zero-order valence-electron chi connectivity index (χ0n) is 13.0. The molecule has 23 heavy (non-hydrogen) atoms. The van der Waals surface area contributed by atoms with Crippen LogP contribution in [0.5, 0.6) is 0 Å². The Balaban J connectivity index is 0.00000264. The SMILES string of the molecule is Cl.NCCC(=O)NCC1CCCCN1Cc1ccn(C(F)F)n1. The van der Waals surface area contributed by atoms with Crippen LogP contribution in [0.1, 0.15) is 37.9 Å². The number of hydrogen-bond acceptors (Lipinski definition) is 4. The van der Waals surface area contributed by atoms with Gasteiger partial charge in [-0.2, -0.15) is 13.9 Å². The molecule has 0 aliphatic carbocycles. The number of rotatable bonds is 7. The average molecular weight is 352 g/mol. The van der Waals surface area contributed by atoms with Crippen molar-refractivity contribution in [2.45, 2.75) is 44.8 Å². The largest absolute Gasteiger partial charge is 0.354 e. The highest BCUT2D eigenvalue weighted by Gasteiger charge is 2.23. The molecule has 2 rings (SSSR count). The summed E-state index contributed by atoms with van der Waals surface area (Å²) in [4.78, 5) is 13.7. The molecule has 1 aromatic rings. The molecule has 132 valence electrons. The molecule has 9 heteroatoms. The number of hydrogen-bond donors (Lipinski definition) is 2. The molecule has 0 bridgehead atoms. The second-order valence-corrected chi connectivity index (χ2v) is 5.53. The Morgan fingerprint density at radius 3 is 2.91 bits per heavy atom. The molecular weight excluding hydrogens is 328 g/mol. The fraction of sp³-hybridized carbons (Fsp3) is 0.714. The number of nitrogens with one attached hydrogen (secondary N) is 1. The van der Waals surface area contributed by atoms with Gasteiger partial charge >= 0.3 is 6.55 Å². The summed E-state index contributed by atoms with van der Waals surface area (Å²) in [6, 6.07) is 1.83. The number of alkyl halides is 2. The van der Waals surface area contributed by atoms with E-state index in [4.69, 9.17) is 5.73 Å². The minimum Gasteiger partial charge on any atom is -0.354 e. The Morgan fingerprint density at radius 1 is 1.48 bits per heavy atom. The van der Waals surface area contributed by atoms with E-state index < -0.39 is 6.55 Å². The van der Waals surface area contributed by atoms with Crippen molar-refractivity contribution in [1.29, 1.82) is 0 Å². The summed E-state index contributed by atoms with van der Waals surface area (Å²) in [7, 11) is 0.